The van der Waals surface area contributed by atoms with Crippen LogP contribution in [-0.2, 0) is 11.3 Å². The predicted molar refractivity (Wildman–Crippen MR) is 121 cm³/mol. The van der Waals surface area contributed by atoms with E-state index in [9.17, 15) is 4.79 Å². The number of aromatic nitrogens is 5. The third-order valence-corrected chi connectivity index (χ3v) is 6.81. The first kappa shape index (κ1) is 22.2. The Kier molecular flexibility index (Phi) is 8.16. The van der Waals surface area contributed by atoms with Crippen molar-refractivity contribution in [3.05, 3.63) is 30.1 Å². The van der Waals surface area contributed by atoms with Crippen LogP contribution in [0.1, 0.15) is 19.2 Å². The van der Waals surface area contributed by atoms with E-state index in [1.54, 1.807) is 18.9 Å². The fourth-order valence-electron chi connectivity index (χ4n) is 2.21. The molecule has 3 rings (SSSR count). The van der Waals surface area contributed by atoms with E-state index in [4.69, 9.17) is 10.6 Å². The van der Waals surface area contributed by atoms with Crippen LogP contribution in [0.2, 0.25) is 0 Å². The highest BCUT2D eigenvalue weighted by molar-refractivity contribution is 8.01. The second-order valence-corrected chi connectivity index (χ2v) is 9.17. The third-order valence-electron chi connectivity index (χ3n) is 3.69. The van der Waals surface area contributed by atoms with Crippen molar-refractivity contribution < 1.29 is 9.53 Å². The number of nitrogens with one attached hydrogen (secondary N) is 2. The number of carbonyl (C=O) groups is 1. The average molecular weight is 467 g/mol. The van der Waals surface area contributed by atoms with E-state index >= 15 is 0 Å². The van der Waals surface area contributed by atoms with Gasteiger partial charge in [0.1, 0.15) is 5.75 Å². The summed E-state index contributed by atoms with van der Waals surface area (Å²) in [7, 11) is 1.62. The molecule has 0 aliphatic rings. The van der Waals surface area contributed by atoms with Gasteiger partial charge in [-0.25, -0.2) is 4.68 Å². The number of ether oxygens (including phenoxy) is 1. The molecule has 0 fully saturated rings. The number of nitrogens with two attached hydrogens (primary N) is 1. The molecule has 0 radical (unpaired) electrons. The molecule has 0 spiro atoms. The molecule has 0 bridgehead atoms. The Labute approximate surface area is 186 Å². The SMILES string of the molecule is CCCSc1nnc(NC(=O)CSc2nnc(CNc3ccc(OC)cc3)n2N)s1. The summed E-state index contributed by atoms with van der Waals surface area (Å²) in [5.74, 6) is 8.30. The molecular weight excluding hydrogens is 444 g/mol. The molecule has 2 heterocycles. The topological polar surface area (TPSA) is 133 Å². The Hall–Kier alpha value is -2.51. The van der Waals surface area contributed by atoms with Gasteiger partial charge in [0, 0.05) is 11.4 Å². The second-order valence-electron chi connectivity index (χ2n) is 5.91. The third kappa shape index (κ3) is 6.24. The number of thioether (sulfide) groups is 2. The van der Waals surface area contributed by atoms with Gasteiger partial charge >= 0.3 is 0 Å². The standard InChI is InChI=1S/C17H22N8O2S3/c1-3-8-28-17-24-22-15(30-17)20-14(26)10-29-16-23-21-13(25(16)18)9-19-11-4-6-12(27-2)7-5-11/h4-7,19H,3,8-10,18H2,1-2H3,(H,20,22,26). The fourth-order valence-corrected chi connectivity index (χ4v) is 4.58. The van der Waals surface area contributed by atoms with Crippen molar-refractivity contribution in [3.8, 4) is 5.75 Å². The van der Waals surface area contributed by atoms with E-state index in [0.717, 1.165) is 28.0 Å². The molecule has 13 heteroatoms. The summed E-state index contributed by atoms with van der Waals surface area (Å²) < 4.78 is 7.35. The lowest BCUT2D eigenvalue weighted by Crippen LogP contribution is -2.18. The highest BCUT2D eigenvalue weighted by atomic mass is 32.2. The molecule has 0 saturated heterocycles. The largest absolute Gasteiger partial charge is 0.497 e. The molecule has 30 heavy (non-hydrogen) atoms. The Morgan fingerprint density at radius 3 is 2.73 bits per heavy atom. The molecular formula is C17H22N8O2S3. The maximum atomic E-state index is 12.2. The van der Waals surface area contributed by atoms with Gasteiger partial charge in [-0.15, -0.1) is 20.4 Å². The van der Waals surface area contributed by atoms with Crippen LogP contribution in [0.3, 0.4) is 0 Å². The highest BCUT2D eigenvalue weighted by Crippen LogP contribution is 2.26. The number of benzene rings is 1. The number of nitrogens with zero attached hydrogens (tertiary/aromatic N) is 5. The molecule has 1 amide bonds. The van der Waals surface area contributed by atoms with Crippen LogP contribution >= 0.6 is 34.9 Å². The quantitative estimate of drug-likeness (QED) is 0.220. The Morgan fingerprint density at radius 1 is 1.20 bits per heavy atom. The maximum absolute atomic E-state index is 12.2. The minimum Gasteiger partial charge on any atom is -0.497 e. The number of amides is 1. The van der Waals surface area contributed by atoms with Crippen LogP contribution in [0.5, 0.6) is 5.75 Å². The number of hydrogen-bond donors (Lipinski definition) is 3. The smallest absolute Gasteiger partial charge is 0.236 e. The molecule has 3 aromatic rings. The van der Waals surface area contributed by atoms with Crippen molar-refractivity contribution in [1.29, 1.82) is 0 Å². The lowest BCUT2D eigenvalue weighted by atomic mass is 10.3. The Morgan fingerprint density at radius 2 is 2.00 bits per heavy atom. The van der Waals surface area contributed by atoms with Crippen LogP contribution in [-0.4, -0.2) is 49.6 Å². The van der Waals surface area contributed by atoms with Crippen molar-refractivity contribution in [2.75, 3.05) is 35.1 Å². The molecule has 4 N–H and O–H groups in total. The maximum Gasteiger partial charge on any atom is 0.236 e. The summed E-state index contributed by atoms with van der Waals surface area (Å²) >= 11 is 4.19. The van der Waals surface area contributed by atoms with Gasteiger partial charge in [0.05, 0.1) is 19.4 Å². The van der Waals surface area contributed by atoms with Crippen LogP contribution in [0, 0.1) is 0 Å². The fraction of sp³-hybridized carbons (Fsp3) is 0.353. The summed E-state index contributed by atoms with van der Waals surface area (Å²) in [5, 5.41) is 23.1. The van der Waals surface area contributed by atoms with E-state index < -0.39 is 0 Å². The number of rotatable bonds is 11. The van der Waals surface area contributed by atoms with Gasteiger partial charge in [-0.2, -0.15) is 0 Å². The molecule has 0 atom stereocenters. The molecule has 2 aromatic heterocycles. The van der Waals surface area contributed by atoms with Crippen molar-refractivity contribution >= 4 is 51.6 Å². The first-order valence-corrected chi connectivity index (χ1v) is 11.8. The molecule has 10 nitrogen and oxygen atoms in total. The van der Waals surface area contributed by atoms with E-state index in [-0.39, 0.29) is 11.7 Å². The van der Waals surface area contributed by atoms with E-state index in [1.165, 1.54) is 27.8 Å². The van der Waals surface area contributed by atoms with Crippen molar-refractivity contribution in [1.82, 2.24) is 25.1 Å². The van der Waals surface area contributed by atoms with Crippen LogP contribution in [0.4, 0.5) is 10.8 Å². The van der Waals surface area contributed by atoms with E-state index in [1.807, 2.05) is 24.3 Å². The van der Waals surface area contributed by atoms with E-state index in [2.05, 4.69) is 38.0 Å². The zero-order valence-electron chi connectivity index (χ0n) is 16.5. The second kappa shape index (κ2) is 11.0. The Bertz CT molecular complexity index is 960. The molecule has 160 valence electrons. The van der Waals surface area contributed by atoms with Crippen molar-refractivity contribution in [2.24, 2.45) is 0 Å². The highest BCUT2D eigenvalue weighted by Gasteiger charge is 2.14. The van der Waals surface area contributed by atoms with Gasteiger partial charge in [-0.1, -0.05) is 41.8 Å². The molecule has 0 aliphatic carbocycles. The average Bonchev–Trinajstić information content (AvgIpc) is 3.35. The molecule has 0 saturated carbocycles. The van der Waals surface area contributed by atoms with Crippen LogP contribution in [0.15, 0.2) is 33.8 Å². The summed E-state index contributed by atoms with van der Waals surface area (Å²) in [6.45, 7) is 2.50. The van der Waals surface area contributed by atoms with Gasteiger partial charge in [0.15, 0.2) is 10.2 Å². The first-order valence-electron chi connectivity index (χ1n) is 9.05. The summed E-state index contributed by atoms with van der Waals surface area (Å²) in [6, 6.07) is 7.52. The Balaban J connectivity index is 1.47. The van der Waals surface area contributed by atoms with Gasteiger partial charge in [0.25, 0.3) is 0 Å². The van der Waals surface area contributed by atoms with E-state index in [0.29, 0.717) is 22.7 Å². The lowest BCUT2D eigenvalue weighted by Gasteiger charge is -2.07. The molecule has 0 aliphatic heterocycles. The minimum atomic E-state index is -0.205. The van der Waals surface area contributed by atoms with Crippen molar-refractivity contribution in [2.45, 2.75) is 29.4 Å². The van der Waals surface area contributed by atoms with Gasteiger partial charge in [0.2, 0.25) is 16.2 Å². The number of hydrogen-bond acceptors (Lipinski definition) is 11. The zero-order valence-corrected chi connectivity index (χ0v) is 18.9. The van der Waals surface area contributed by atoms with Gasteiger partial charge in [-0.05, 0) is 30.7 Å². The van der Waals surface area contributed by atoms with Crippen molar-refractivity contribution in [3.63, 3.8) is 0 Å². The number of anilines is 2. The number of methoxy groups -OCH3 is 1. The summed E-state index contributed by atoms with van der Waals surface area (Å²) in [5.41, 5.74) is 0.904. The van der Waals surface area contributed by atoms with Crippen LogP contribution in [0.25, 0.3) is 0 Å². The predicted octanol–water partition coefficient (Wildman–Crippen LogP) is 2.70. The monoisotopic (exact) mass is 466 g/mol. The molecule has 1 aromatic carbocycles. The first-order chi connectivity index (χ1) is 14.6. The summed E-state index contributed by atoms with van der Waals surface area (Å²) in [6.07, 6.45) is 1.06. The number of carbonyl (C=O) groups excluding carboxylic acids is 1. The summed E-state index contributed by atoms with van der Waals surface area (Å²) in [4.78, 5) is 12.2. The van der Waals surface area contributed by atoms with Gasteiger partial charge in [-0.3, -0.25) is 10.1 Å². The number of nitrogen functional groups attached to an aromatic ring is 1. The normalized spacial score (nSPS) is 10.7. The lowest BCUT2D eigenvalue weighted by molar-refractivity contribution is -0.113. The zero-order chi connectivity index (χ0) is 21.3. The molecule has 0 unspecified atom stereocenters. The van der Waals surface area contributed by atoms with Crippen LogP contribution < -0.4 is 21.2 Å². The van der Waals surface area contributed by atoms with Gasteiger partial charge < -0.3 is 15.9 Å². The minimum absolute atomic E-state index is 0.137.